The number of anilines is 2. The van der Waals surface area contributed by atoms with Crippen LogP contribution in [-0.4, -0.2) is 28.0 Å². The molecule has 6 nitrogen and oxygen atoms in total. The fraction of sp³-hybridized carbons (Fsp3) is 0.292. The molecule has 1 aromatic carbocycles. The lowest BCUT2D eigenvalue weighted by Crippen LogP contribution is -2.44. The number of nitrogens with two attached hydrogens (primary N) is 2. The first-order chi connectivity index (χ1) is 15.5. The second-order valence-corrected chi connectivity index (χ2v) is 9.83. The highest BCUT2D eigenvalue weighted by Crippen LogP contribution is 2.51. The standard InChI is InChI=1S/C24H23ClN6S/c1-2-15-3-4-16-12-24(22(26)17(16)11-15)6-9-31(10-7-24)19-13-30-20(14-29-19)32-18-5-8-28-23(27)21(18)25/h1,3-5,8,11,13-14,22H,6-7,9-10,12,26H2,(H2,27,28)/t22-/m1/s1. The van der Waals surface area contributed by atoms with Crippen molar-refractivity contribution in [1.82, 2.24) is 15.0 Å². The van der Waals surface area contributed by atoms with E-state index in [-0.39, 0.29) is 11.5 Å². The summed E-state index contributed by atoms with van der Waals surface area (Å²) in [4.78, 5) is 16.3. The topological polar surface area (TPSA) is 94.0 Å². The van der Waals surface area contributed by atoms with Gasteiger partial charge in [0.25, 0.3) is 0 Å². The Hall–Kier alpha value is -2.79. The van der Waals surface area contributed by atoms with Crippen LogP contribution in [0, 0.1) is 17.8 Å². The highest BCUT2D eigenvalue weighted by Gasteiger charge is 2.46. The Morgan fingerprint density at radius 3 is 2.69 bits per heavy atom. The number of hydrogen-bond acceptors (Lipinski definition) is 7. The summed E-state index contributed by atoms with van der Waals surface area (Å²) in [6.45, 7) is 1.80. The number of benzene rings is 1. The van der Waals surface area contributed by atoms with E-state index in [1.165, 1.54) is 22.9 Å². The van der Waals surface area contributed by atoms with Crippen LogP contribution < -0.4 is 16.4 Å². The van der Waals surface area contributed by atoms with Gasteiger partial charge in [-0.1, -0.05) is 35.3 Å². The number of hydrogen-bond donors (Lipinski definition) is 2. The maximum atomic E-state index is 6.74. The summed E-state index contributed by atoms with van der Waals surface area (Å²) in [5.74, 6) is 3.91. The normalized spacial score (nSPS) is 19.0. The zero-order chi connectivity index (χ0) is 22.3. The van der Waals surface area contributed by atoms with Crippen molar-refractivity contribution in [2.24, 2.45) is 11.1 Å². The molecule has 3 heterocycles. The van der Waals surface area contributed by atoms with Crippen molar-refractivity contribution in [1.29, 1.82) is 0 Å². The molecule has 0 amide bonds. The number of pyridine rings is 1. The minimum Gasteiger partial charge on any atom is -0.382 e. The molecule has 0 radical (unpaired) electrons. The summed E-state index contributed by atoms with van der Waals surface area (Å²) < 4.78 is 0. The Morgan fingerprint density at radius 2 is 1.97 bits per heavy atom. The van der Waals surface area contributed by atoms with Gasteiger partial charge in [0.1, 0.15) is 16.7 Å². The molecule has 1 aliphatic carbocycles. The van der Waals surface area contributed by atoms with Crippen molar-refractivity contribution in [3.8, 4) is 12.3 Å². The second kappa shape index (κ2) is 8.28. The van der Waals surface area contributed by atoms with Crippen LogP contribution in [0.2, 0.25) is 5.02 Å². The van der Waals surface area contributed by atoms with E-state index in [0.29, 0.717) is 10.8 Å². The third-order valence-corrected chi connectivity index (χ3v) is 8.13. The van der Waals surface area contributed by atoms with Crippen molar-refractivity contribution in [2.75, 3.05) is 23.7 Å². The number of nitrogen functional groups attached to an aromatic ring is 1. The summed E-state index contributed by atoms with van der Waals surface area (Å²) in [5.41, 5.74) is 16.1. The first-order valence-corrected chi connectivity index (χ1v) is 11.7. The highest BCUT2D eigenvalue weighted by atomic mass is 35.5. The van der Waals surface area contributed by atoms with Crippen LogP contribution in [0.3, 0.4) is 0 Å². The average molecular weight is 463 g/mol. The predicted molar refractivity (Wildman–Crippen MR) is 129 cm³/mol. The number of aromatic nitrogens is 3. The molecule has 1 aliphatic heterocycles. The van der Waals surface area contributed by atoms with E-state index in [0.717, 1.165) is 53.7 Å². The maximum Gasteiger partial charge on any atom is 0.147 e. The summed E-state index contributed by atoms with van der Waals surface area (Å²) in [6.07, 6.45) is 13.8. The summed E-state index contributed by atoms with van der Waals surface area (Å²) in [7, 11) is 0. The van der Waals surface area contributed by atoms with E-state index < -0.39 is 0 Å². The van der Waals surface area contributed by atoms with Crippen molar-refractivity contribution in [2.45, 2.75) is 35.2 Å². The maximum absolute atomic E-state index is 6.74. The molecule has 32 heavy (non-hydrogen) atoms. The Labute approximate surface area is 196 Å². The molecule has 5 rings (SSSR count). The third-order valence-electron chi connectivity index (χ3n) is 6.64. The van der Waals surface area contributed by atoms with Gasteiger partial charge in [0.05, 0.1) is 17.4 Å². The number of terminal acetylenes is 1. The van der Waals surface area contributed by atoms with Gasteiger partial charge in [-0.2, -0.15) is 0 Å². The lowest BCUT2D eigenvalue weighted by Gasteiger charge is -2.42. The molecule has 1 fully saturated rings. The zero-order valence-electron chi connectivity index (χ0n) is 17.5. The van der Waals surface area contributed by atoms with Gasteiger partial charge in [0, 0.05) is 35.8 Å². The van der Waals surface area contributed by atoms with Crippen molar-refractivity contribution in [3.63, 3.8) is 0 Å². The monoisotopic (exact) mass is 462 g/mol. The minimum absolute atomic E-state index is 0.0235. The van der Waals surface area contributed by atoms with Gasteiger partial charge in [-0.3, -0.25) is 0 Å². The fourth-order valence-electron chi connectivity index (χ4n) is 4.78. The highest BCUT2D eigenvalue weighted by molar-refractivity contribution is 7.99. The van der Waals surface area contributed by atoms with Crippen LogP contribution in [-0.2, 0) is 6.42 Å². The minimum atomic E-state index is 0.0235. The summed E-state index contributed by atoms with van der Waals surface area (Å²) >= 11 is 7.65. The first kappa shape index (κ1) is 21.1. The molecular weight excluding hydrogens is 440 g/mol. The van der Waals surface area contributed by atoms with Crippen LogP contribution >= 0.6 is 23.4 Å². The molecule has 4 N–H and O–H groups in total. The Balaban J connectivity index is 1.26. The number of piperidine rings is 1. The molecule has 1 saturated heterocycles. The number of halogens is 1. The number of nitrogens with zero attached hydrogens (tertiary/aromatic N) is 4. The van der Waals surface area contributed by atoms with Crippen LogP contribution in [0.4, 0.5) is 11.6 Å². The lowest BCUT2D eigenvalue weighted by molar-refractivity contribution is 0.187. The lowest BCUT2D eigenvalue weighted by atomic mass is 9.73. The van der Waals surface area contributed by atoms with E-state index in [9.17, 15) is 0 Å². The van der Waals surface area contributed by atoms with E-state index >= 15 is 0 Å². The van der Waals surface area contributed by atoms with Crippen molar-refractivity contribution >= 4 is 35.0 Å². The van der Waals surface area contributed by atoms with Gasteiger partial charge in [-0.15, -0.1) is 6.42 Å². The van der Waals surface area contributed by atoms with Crippen LogP contribution in [0.25, 0.3) is 0 Å². The Kier molecular flexibility index (Phi) is 5.46. The molecular formula is C24H23ClN6S. The smallest absolute Gasteiger partial charge is 0.147 e. The fourth-order valence-corrected chi connectivity index (χ4v) is 5.77. The van der Waals surface area contributed by atoms with Crippen LogP contribution in [0.15, 0.2) is 52.8 Å². The van der Waals surface area contributed by atoms with Gasteiger partial charge in [0.15, 0.2) is 0 Å². The third kappa shape index (κ3) is 3.69. The largest absolute Gasteiger partial charge is 0.382 e. The van der Waals surface area contributed by atoms with Gasteiger partial charge in [0.2, 0.25) is 0 Å². The van der Waals surface area contributed by atoms with E-state index in [1.807, 2.05) is 18.3 Å². The van der Waals surface area contributed by atoms with Crippen LogP contribution in [0.5, 0.6) is 0 Å². The summed E-state index contributed by atoms with van der Waals surface area (Å²) in [6, 6.07) is 8.10. The quantitative estimate of drug-likeness (QED) is 0.566. The molecule has 0 unspecified atom stereocenters. The summed E-state index contributed by atoms with van der Waals surface area (Å²) in [5, 5.41) is 1.19. The zero-order valence-corrected chi connectivity index (χ0v) is 19.0. The Bertz CT molecular complexity index is 1200. The van der Waals surface area contributed by atoms with Gasteiger partial charge in [-0.05, 0) is 54.0 Å². The molecule has 2 aromatic heterocycles. The molecule has 1 spiro atoms. The second-order valence-electron chi connectivity index (χ2n) is 8.39. The predicted octanol–water partition coefficient (Wildman–Crippen LogP) is 4.08. The first-order valence-electron chi connectivity index (χ1n) is 10.5. The van der Waals surface area contributed by atoms with E-state index in [2.05, 4.69) is 37.9 Å². The van der Waals surface area contributed by atoms with Gasteiger partial charge >= 0.3 is 0 Å². The van der Waals surface area contributed by atoms with E-state index in [1.54, 1.807) is 12.4 Å². The molecule has 2 aliphatic rings. The molecule has 3 aromatic rings. The molecule has 162 valence electrons. The average Bonchev–Trinajstić information content (AvgIpc) is 3.08. The SMILES string of the molecule is C#Cc1ccc2c(c1)[C@@H](N)C1(CCN(c3cnc(Sc4ccnc(N)c4Cl)cn3)CC1)C2. The number of fused-ring (bicyclic) bond motifs is 1. The van der Waals surface area contributed by atoms with Crippen LogP contribution in [0.1, 0.15) is 35.6 Å². The molecule has 8 heteroatoms. The van der Waals surface area contributed by atoms with E-state index in [4.69, 9.17) is 29.5 Å². The van der Waals surface area contributed by atoms with Crippen molar-refractivity contribution < 1.29 is 0 Å². The molecule has 1 atom stereocenters. The Morgan fingerprint density at radius 1 is 1.16 bits per heavy atom. The van der Waals surface area contributed by atoms with Gasteiger partial charge < -0.3 is 16.4 Å². The van der Waals surface area contributed by atoms with Crippen molar-refractivity contribution in [3.05, 3.63) is 64.6 Å². The molecule has 0 saturated carbocycles. The molecule has 0 bridgehead atoms. The number of rotatable bonds is 3. The van der Waals surface area contributed by atoms with Gasteiger partial charge in [-0.25, -0.2) is 15.0 Å².